The lowest BCUT2D eigenvalue weighted by molar-refractivity contribution is -0.385. The van der Waals surface area contributed by atoms with Crippen LogP contribution in [0.1, 0.15) is 12.5 Å². The Labute approximate surface area is 136 Å². The van der Waals surface area contributed by atoms with Crippen LogP contribution in [-0.2, 0) is 15.3 Å². The zero-order chi connectivity index (χ0) is 18.1. The van der Waals surface area contributed by atoms with E-state index in [-0.39, 0.29) is 11.3 Å². The highest BCUT2D eigenvalue weighted by molar-refractivity contribution is 5.73. The maximum atomic E-state index is 11.4. The second-order valence-corrected chi connectivity index (χ2v) is 5.50. The zero-order valence-electron chi connectivity index (χ0n) is 12.7. The molecule has 0 aromatic heterocycles. The van der Waals surface area contributed by atoms with E-state index in [9.17, 15) is 35.3 Å². The first-order chi connectivity index (χ1) is 11.2. The topological polar surface area (TPSA) is 162 Å². The lowest BCUT2D eigenvalue weighted by Crippen LogP contribution is -2.68. The number of benzene rings is 1. The van der Waals surface area contributed by atoms with Crippen molar-refractivity contribution in [2.24, 2.45) is 0 Å². The number of amides is 1. The highest BCUT2D eigenvalue weighted by atomic mass is 16.6. The molecule has 0 bridgehead atoms. The quantitative estimate of drug-likeness (QED) is 0.321. The molecule has 1 saturated heterocycles. The van der Waals surface area contributed by atoms with Gasteiger partial charge >= 0.3 is 0 Å². The molecule has 132 valence electrons. The predicted octanol–water partition coefficient (Wildman–Crippen LogP) is -1.64. The number of ether oxygens (including phenoxy) is 1. The van der Waals surface area contributed by atoms with Gasteiger partial charge < -0.3 is 30.5 Å². The highest BCUT2D eigenvalue weighted by Crippen LogP contribution is 2.36. The molecule has 1 aromatic carbocycles. The van der Waals surface area contributed by atoms with E-state index in [1.165, 1.54) is 12.1 Å². The molecule has 5 N–H and O–H groups in total. The Bertz CT molecular complexity index is 622. The van der Waals surface area contributed by atoms with Crippen molar-refractivity contribution >= 4 is 11.6 Å². The van der Waals surface area contributed by atoms with Crippen LogP contribution in [0.25, 0.3) is 0 Å². The van der Waals surface area contributed by atoms with Gasteiger partial charge in [-0.05, 0) is 12.1 Å². The van der Waals surface area contributed by atoms with Crippen LogP contribution in [0.15, 0.2) is 24.3 Å². The second kappa shape index (κ2) is 6.79. The molecular formula is C14H18N2O8. The summed E-state index contributed by atoms with van der Waals surface area (Å²) in [5.41, 5.74) is -0.218. The number of hydrogen-bond donors (Lipinski definition) is 5. The zero-order valence-corrected chi connectivity index (χ0v) is 12.7. The molecule has 0 radical (unpaired) electrons. The van der Waals surface area contributed by atoms with Gasteiger partial charge in [0.05, 0.1) is 11.5 Å². The molecule has 10 nitrogen and oxygen atoms in total. The molecule has 24 heavy (non-hydrogen) atoms. The smallest absolute Gasteiger partial charge is 0.269 e. The lowest BCUT2D eigenvalue weighted by atomic mass is 9.86. The molecule has 1 aromatic rings. The molecule has 0 spiro atoms. The summed E-state index contributed by atoms with van der Waals surface area (Å²) in [6.45, 7) is 0.452. The molecule has 1 aliphatic heterocycles. The number of aliphatic hydroxyl groups excluding tert-OH is 3. The summed E-state index contributed by atoms with van der Waals surface area (Å²) in [6, 6.07) is 3.19. The number of nitro groups is 1. The van der Waals surface area contributed by atoms with E-state index < -0.39 is 47.6 Å². The molecule has 5 atom stereocenters. The second-order valence-electron chi connectivity index (χ2n) is 5.50. The third-order valence-corrected chi connectivity index (χ3v) is 3.86. The number of hydrogen-bond acceptors (Lipinski definition) is 8. The lowest BCUT2D eigenvalue weighted by Gasteiger charge is -2.47. The van der Waals surface area contributed by atoms with Crippen LogP contribution < -0.4 is 5.32 Å². The van der Waals surface area contributed by atoms with E-state index >= 15 is 0 Å². The van der Waals surface area contributed by atoms with Crippen LogP contribution in [0.4, 0.5) is 5.69 Å². The van der Waals surface area contributed by atoms with E-state index in [0.29, 0.717) is 0 Å². The summed E-state index contributed by atoms with van der Waals surface area (Å²) in [6.07, 6.45) is -4.50. The molecule has 1 aliphatic rings. The Morgan fingerprint density at radius 3 is 2.38 bits per heavy atom. The maximum absolute atomic E-state index is 11.4. The van der Waals surface area contributed by atoms with Crippen molar-refractivity contribution in [1.29, 1.82) is 0 Å². The Morgan fingerprint density at radius 1 is 1.33 bits per heavy atom. The monoisotopic (exact) mass is 342 g/mol. The normalized spacial score (nSPS) is 33.0. The molecular weight excluding hydrogens is 324 g/mol. The number of carbonyl (C=O) groups is 1. The first-order valence-corrected chi connectivity index (χ1v) is 7.10. The van der Waals surface area contributed by atoms with Crippen molar-refractivity contribution < 1.29 is 34.9 Å². The van der Waals surface area contributed by atoms with Crippen molar-refractivity contribution in [1.82, 2.24) is 5.32 Å². The third kappa shape index (κ3) is 3.23. The van der Waals surface area contributed by atoms with Crippen LogP contribution in [0, 0.1) is 10.1 Å². The number of nitro benzene ring substituents is 1. The molecule has 1 heterocycles. The summed E-state index contributed by atoms with van der Waals surface area (Å²) < 4.78 is 5.32. The summed E-state index contributed by atoms with van der Waals surface area (Å²) in [4.78, 5) is 21.5. The van der Waals surface area contributed by atoms with E-state index in [4.69, 9.17) is 4.74 Å². The first-order valence-electron chi connectivity index (χ1n) is 7.10. The van der Waals surface area contributed by atoms with E-state index in [2.05, 4.69) is 5.32 Å². The number of carbonyl (C=O) groups excluding carboxylic acids is 1. The van der Waals surface area contributed by atoms with E-state index in [1.54, 1.807) is 0 Å². The Morgan fingerprint density at radius 2 is 1.92 bits per heavy atom. The van der Waals surface area contributed by atoms with Crippen LogP contribution in [-0.4, -0.2) is 62.2 Å². The van der Waals surface area contributed by atoms with Gasteiger partial charge in [0.1, 0.15) is 24.4 Å². The Kier molecular flexibility index (Phi) is 5.16. The minimum atomic E-state index is -2.30. The summed E-state index contributed by atoms with van der Waals surface area (Å²) in [7, 11) is 0. The van der Waals surface area contributed by atoms with Crippen molar-refractivity contribution in [3.63, 3.8) is 0 Å². The molecule has 2 rings (SSSR count). The Balaban J connectivity index is 2.46. The maximum Gasteiger partial charge on any atom is 0.269 e. The van der Waals surface area contributed by atoms with Crippen molar-refractivity contribution in [3.8, 4) is 0 Å². The van der Waals surface area contributed by atoms with E-state index in [0.717, 1.165) is 19.1 Å². The summed E-state index contributed by atoms with van der Waals surface area (Å²) in [5.74, 6) is -2.90. The van der Waals surface area contributed by atoms with Crippen molar-refractivity contribution in [3.05, 3.63) is 39.9 Å². The fourth-order valence-electron chi connectivity index (χ4n) is 2.64. The average Bonchev–Trinajstić information content (AvgIpc) is 2.55. The van der Waals surface area contributed by atoms with Crippen molar-refractivity contribution in [2.45, 2.75) is 37.1 Å². The van der Waals surface area contributed by atoms with Crippen LogP contribution >= 0.6 is 0 Å². The summed E-state index contributed by atoms with van der Waals surface area (Å²) >= 11 is 0. The highest BCUT2D eigenvalue weighted by Gasteiger charge is 2.54. The summed E-state index contributed by atoms with van der Waals surface area (Å²) in [5, 5.41) is 53.3. The van der Waals surface area contributed by atoms with Gasteiger partial charge in [0, 0.05) is 24.6 Å². The molecule has 10 heteroatoms. The number of aliphatic hydroxyl groups is 4. The standard InChI is InChI=1S/C14H18N2O8/c1-7(18)15-13-12(20)11(19)10(6-17)24-14(13,21)8-2-4-9(5-3-8)16(22)23/h2-5,10-13,17,19-21H,6H2,1H3,(H,15,18)/t10-,11-,12+,13-,14?/m1/s1. The number of nitrogens with zero attached hydrogens (tertiary/aromatic N) is 1. The number of non-ortho nitro benzene ring substituents is 1. The van der Waals surface area contributed by atoms with Crippen LogP contribution in [0.2, 0.25) is 0 Å². The van der Waals surface area contributed by atoms with Crippen LogP contribution in [0.3, 0.4) is 0 Å². The molecule has 0 saturated carbocycles. The van der Waals surface area contributed by atoms with Gasteiger partial charge in [0.15, 0.2) is 0 Å². The first kappa shape index (κ1) is 18.2. The minimum Gasteiger partial charge on any atom is -0.394 e. The molecule has 1 amide bonds. The Hall–Kier alpha value is -2.11. The van der Waals surface area contributed by atoms with Gasteiger partial charge in [-0.3, -0.25) is 14.9 Å². The minimum absolute atomic E-state index is 0.0104. The number of nitrogens with one attached hydrogen (secondary N) is 1. The van der Waals surface area contributed by atoms with Crippen LogP contribution in [0.5, 0.6) is 0 Å². The number of rotatable bonds is 4. The van der Waals surface area contributed by atoms with Gasteiger partial charge in [-0.15, -0.1) is 0 Å². The van der Waals surface area contributed by atoms with Gasteiger partial charge in [-0.25, -0.2) is 0 Å². The SMILES string of the molecule is CC(=O)N[C@@H]1[C@@H](O)[C@H](O)[C@@H](CO)OC1(O)c1ccc([N+](=O)[O-])cc1. The predicted molar refractivity (Wildman–Crippen MR) is 78.6 cm³/mol. The fraction of sp³-hybridized carbons (Fsp3) is 0.500. The molecule has 1 unspecified atom stereocenters. The van der Waals surface area contributed by atoms with Gasteiger partial charge in [-0.2, -0.15) is 0 Å². The fourth-order valence-corrected chi connectivity index (χ4v) is 2.64. The van der Waals surface area contributed by atoms with Gasteiger partial charge in [-0.1, -0.05) is 0 Å². The van der Waals surface area contributed by atoms with Gasteiger partial charge in [0.2, 0.25) is 11.7 Å². The largest absolute Gasteiger partial charge is 0.394 e. The molecule has 0 aliphatic carbocycles. The van der Waals surface area contributed by atoms with Gasteiger partial charge in [0.25, 0.3) is 5.69 Å². The average molecular weight is 342 g/mol. The van der Waals surface area contributed by atoms with Crippen molar-refractivity contribution in [2.75, 3.05) is 6.61 Å². The third-order valence-electron chi connectivity index (χ3n) is 3.86. The molecule has 1 fully saturated rings. The van der Waals surface area contributed by atoms with E-state index in [1.807, 2.05) is 0 Å².